The molecule has 2 N–H and O–H groups in total. The topological polar surface area (TPSA) is 47.6 Å². The Bertz CT molecular complexity index is 284. The summed E-state index contributed by atoms with van der Waals surface area (Å²) in [6.07, 6.45) is 3.89. The summed E-state index contributed by atoms with van der Waals surface area (Å²) in [4.78, 5) is 16.0. The molecule has 2 rings (SSSR count). The van der Waals surface area contributed by atoms with Crippen LogP contribution in [0.25, 0.3) is 0 Å². The van der Waals surface area contributed by atoms with E-state index in [4.69, 9.17) is 0 Å². The van der Waals surface area contributed by atoms with Crippen molar-refractivity contribution < 1.29 is 4.79 Å². The van der Waals surface area contributed by atoms with E-state index < -0.39 is 0 Å². The highest BCUT2D eigenvalue weighted by atomic mass is 16.2. The average molecular weight is 254 g/mol. The Morgan fingerprint density at radius 3 is 2.89 bits per heavy atom. The van der Waals surface area contributed by atoms with Gasteiger partial charge in [-0.25, -0.2) is 4.79 Å². The number of hydrogen-bond acceptors (Lipinski definition) is 3. The smallest absolute Gasteiger partial charge is 0.317 e. The van der Waals surface area contributed by atoms with Crippen molar-refractivity contribution in [2.75, 3.05) is 39.8 Å². The first-order valence-corrected chi connectivity index (χ1v) is 7.16. The van der Waals surface area contributed by atoms with Crippen molar-refractivity contribution in [3.05, 3.63) is 0 Å². The molecule has 5 heteroatoms. The van der Waals surface area contributed by atoms with Crippen LogP contribution in [-0.4, -0.2) is 67.7 Å². The number of urea groups is 1. The maximum absolute atomic E-state index is 11.5. The molecule has 18 heavy (non-hydrogen) atoms. The lowest BCUT2D eigenvalue weighted by Crippen LogP contribution is -2.52. The van der Waals surface area contributed by atoms with Gasteiger partial charge >= 0.3 is 6.03 Å². The van der Waals surface area contributed by atoms with E-state index >= 15 is 0 Å². The second-order valence-electron chi connectivity index (χ2n) is 5.40. The molecule has 2 aliphatic rings. The Hall–Kier alpha value is -0.810. The average Bonchev–Trinajstić information content (AvgIpc) is 2.81. The van der Waals surface area contributed by atoms with E-state index in [9.17, 15) is 4.79 Å². The molecule has 2 atom stereocenters. The molecule has 2 unspecified atom stereocenters. The lowest BCUT2D eigenvalue weighted by molar-refractivity contribution is 0.112. The fourth-order valence-corrected chi connectivity index (χ4v) is 3.03. The molecule has 104 valence electrons. The van der Waals surface area contributed by atoms with Gasteiger partial charge in [-0.15, -0.1) is 0 Å². The van der Waals surface area contributed by atoms with Gasteiger partial charge in [0.1, 0.15) is 0 Å². The van der Waals surface area contributed by atoms with E-state index in [1.165, 1.54) is 25.8 Å². The number of carbonyl (C=O) groups is 1. The summed E-state index contributed by atoms with van der Waals surface area (Å²) in [7, 11) is 2.03. The summed E-state index contributed by atoms with van der Waals surface area (Å²) in [6, 6.07) is 1.25. The van der Waals surface area contributed by atoms with Crippen LogP contribution in [0.15, 0.2) is 0 Å². The molecule has 0 aromatic heterocycles. The quantitative estimate of drug-likeness (QED) is 0.750. The van der Waals surface area contributed by atoms with E-state index in [2.05, 4.69) is 22.5 Å². The van der Waals surface area contributed by atoms with Gasteiger partial charge in [0.2, 0.25) is 0 Å². The summed E-state index contributed by atoms with van der Waals surface area (Å²) in [5, 5.41) is 6.23. The zero-order chi connectivity index (χ0) is 13.0. The monoisotopic (exact) mass is 254 g/mol. The zero-order valence-corrected chi connectivity index (χ0v) is 11.6. The van der Waals surface area contributed by atoms with Crippen LogP contribution < -0.4 is 10.6 Å². The molecule has 2 amide bonds. The fourth-order valence-electron chi connectivity index (χ4n) is 3.03. The number of piperidine rings is 1. The molecule has 0 saturated carbocycles. The maximum atomic E-state index is 11.5. The predicted molar refractivity (Wildman–Crippen MR) is 72.7 cm³/mol. The van der Waals surface area contributed by atoms with Crippen molar-refractivity contribution in [2.24, 2.45) is 0 Å². The number of likely N-dealkylation sites (tertiary alicyclic amines) is 1. The largest absolute Gasteiger partial charge is 0.336 e. The van der Waals surface area contributed by atoms with Gasteiger partial charge < -0.3 is 15.5 Å². The number of nitrogens with zero attached hydrogens (tertiary/aromatic N) is 2. The first-order chi connectivity index (χ1) is 8.72. The summed E-state index contributed by atoms with van der Waals surface area (Å²) >= 11 is 0. The van der Waals surface area contributed by atoms with Gasteiger partial charge in [-0.1, -0.05) is 6.42 Å². The van der Waals surface area contributed by atoms with E-state index in [0.717, 1.165) is 26.2 Å². The summed E-state index contributed by atoms with van der Waals surface area (Å²) < 4.78 is 0. The Morgan fingerprint density at radius 1 is 1.39 bits per heavy atom. The second kappa shape index (κ2) is 6.38. The highest BCUT2D eigenvalue weighted by Crippen LogP contribution is 2.19. The molecule has 0 radical (unpaired) electrons. The molecule has 0 bridgehead atoms. The molecule has 0 spiro atoms. The van der Waals surface area contributed by atoms with Gasteiger partial charge in [-0.2, -0.15) is 0 Å². The van der Waals surface area contributed by atoms with Crippen molar-refractivity contribution in [3.8, 4) is 0 Å². The molecular formula is C13H26N4O. The zero-order valence-electron chi connectivity index (χ0n) is 11.6. The van der Waals surface area contributed by atoms with Crippen LogP contribution in [0.4, 0.5) is 4.79 Å². The summed E-state index contributed by atoms with van der Waals surface area (Å²) in [6.45, 7) is 6.95. The van der Waals surface area contributed by atoms with Crippen molar-refractivity contribution in [3.63, 3.8) is 0 Å². The Morgan fingerprint density at radius 2 is 2.22 bits per heavy atom. The molecule has 2 aliphatic heterocycles. The minimum absolute atomic E-state index is 0.102. The van der Waals surface area contributed by atoms with Crippen molar-refractivity contribution >= 4 is 6.03 Å². The van der Waals surface area contributed by atoms with E-state index in [1.54, 1.807) is 0 Å². The molecular weight excluding hydrogens is 228 g/mol. The molecule has 0 aromatic rings. The SMILES string of the molecule is CNC(C)C1CCCCN1CCN1CCNC1=O. The minimum Gasteiger partial charge on any atom is -0.336 e. The molecule has 0 aromatic carbocycles. The van der Waals surface area contributed by atoms with Crippen LogP contribution in [0.3, 0.4) is 0 Å². The first-order valence-electron chi connectivity index (χ1n) is 7.16. The number of rotatable bonds is 5. The van der Waals surface area contributed by atoms with Crippen LogP contribution in [0.1, 0.15) is 26.2 Å². The molecule has 2 fully saturated rings. The van der Waals surface area contributed by atoms with Gasteiger partial charge in [0.25, 0.3) is 0 Å². The maximum Gasteiger partial charge on any atom is 0.317 e. The number of carbonyl (C=O) groups excluding carboxylic acids is 1. The number of amides is 2. The highest BCUT2D eigenvalue weighted by molar-refractivity contribution is 5.76. The second-order valence-corrected chi connectivity index (χ2v) is 5.40. The number of nitrogens with one attached hydrogen (secondary N) is 2. The lowest BCUT2D eigenvalue weighted by atomic mass is 9.96. The molecule has 2 heterocycles. The summed E-state index contributed by atoms with van der Waals surface area (Å²) in [5.41, 5.74) is 0. The third kappa shape index (κ3) is 3.14. The van der Waals surface area contributed by atoms with Crippen LogP contribution in [0.5, 0.6) is 0 Å². The Balaban J connectivity index is 1.83. The van der Waals surface area contributed by atoms with Gasteiger partial charge in [0, 0.05) is 38.3 Å². The minimum atomic E-state index is 0.102. The van der Waals surface area contributed by atoms with Gasteiger partial charge in [0.15, 0.2) is 0 Å². The Labute approximate surface area is 110 Å². The third-order valence-corrected chi connectivity index (χ3v) is 4.30. The van der Waals surface area contributed by atoms with E-state index in [0.29, 0.717) is 12.1 Å². The highest BCUT2D eigenvalue weighted by Gasteiger charge is 2.27. The molecule has 2 saturated heterocycles. The molecule has 5 nitrogen and oxygen atoms in total. The van der Waals surface area contributed by atoms with Crippen molar-refractivity contribution in [2.45, 2.75) is 38.3 Å². The molecule has 0 aliphatic carbocycles. The Kier molecular flexibility index (Phi) is 4.83. The predicted octanol–water partition coefficient (Wildman–Crippen LogP) is 0.474. The van der Waals surface area contributed by atoms with Crippen LogP contribution in [0, 0.1) is 0 Å². The van der Waals surface area contributed by atoms with E-state index in [1.807, 2.05) is 11.9 Å². The first kappa shape index (κ1) is 13.6. The van der Waals surface area contributed by atoms with Crippen LogP contribution >= 0.6 is 0 Å². The van der Waals surface area contributed by atoms with Gasteiger partial charge in [-0.3, -0.25) is 4.90 Å². The van der Waals surface area contributed by atoms with Crippen LogP contribution in [-0.2, 0) is 0 Å². The van der Waals surface area contributed by atoms with Crippen molar-refractivity contribution in [1.82, 2.24) is 20.4 Å². The fraction of sp³-hybridized carbons (Fsp3) is 0.923. The third-order valence-electron chi connectivity index (χ3n) is 4.30. The van der Waals surface area contributed by atoms with Crippen molar-refractivity contribution in [1.29, 1.82) is 0 Å². The van der Waals surface area contributed by atoms with Crippen LogP contribution in [0.2, 0.25) is 0 Å². The number of likely N-dealkylation sites (N-methyl/N-ethyl adjacent to an activating group) is 1. The lowest BCUT2D eigenvalue weighted by Gasteiger charge is -2.39. The number of hydrogen-bond donors (Lipinski definition) is 2. The van der Waals surface area contributed by atoms with Gasteiger partial charge in [-0.05, 0) is 33.4 Å². The normalized spacial score (nSPS) is 27.3. The standard InChI is InChI=1S/C13H26N4O/c1-11(14-2)12-5-3-4-7-16(12)9-10-17-8-6-15-13(17)18/h11-12,14H,3-10H2,1-2H3,(H,15,18). The summed E-state index contributed by atoms with van der Waals surface area (Å²) in [5.74, 6) is 0. The van der Waals surface area contributed by atoms with Gasteiger partial charge in [0.05, 0.1) is 0 Å². The van der Waals surface area contributed by atoms with E-state index in [-0.39, 0.29) is 6.03 Å².